The molecule has 1 aromatic carbocycles. The number of rotatable bonds is 8. The lowest BCUT2D eigenvalue weighted by atomic mass is 10.1. The Morgan fingerprint density at radius 2 is 2.00 bits per heavy atom. The van der Waals surface area contributed by atoms with Gasteiger partial charge in [-0.25, -0.2) is 4.79 Å². The first-order valence-corrected chi connectivity index (χ1v) is 8.97. The first-order chi connectivity index (χ1) is 13.6. The lowest BCUT2D eigenvalue weighted by Gasteiger charge is -2.13. The Bertz CT molecular complexity index is 839. The third-order valence-corrected chi connectivity index (χ3v) is 4.49. The molecule has 3 rings (SSSR count). The van der Waals surface area contributed by atoms with Crippen molar-refractivity contribution >= 4 is 17.8 Å². The van der Waals surface area contributed by atoms with Crippen LogP contribution in [-0.2, 0) is 22.6 Å². The lowest BCUT2D eigenvalue weighted by Crippen LogP contribution is -2.36. The maximum atomic E-state index is 12.5. The van der Waals surface area contributed by atoms with Crippen molar-refractivity contribution in [2.75, 3.05) is 13.7 Å². The molecule has 1 saturated heterocycles. The van der Waals surface area contributed by atoms with Crippen molar-refractivity contribution in [3.63, 3.8) is 0 Å². The zero-order valence-electron chi connectivity index (χ0n) is 15.6. The van der Waals surface area contributed by atoms with Crippen LogP contribution in [0.4, 0.5) is 4.79 Å². The van der Waals surface area contributed by atoms with Crippen molar-refractivity contribution in [1.82, 2.24) is 20.5 Å². The number of methoxy groups -OCH3 is 1. The molecule has 2 N–H and O–H groups in total. The molecular weight excluding hydrogens is 360 g/mol. The topological polar surface area (TPSA) is 101 Å². The summed E-state index contributed by atoms with van der Waals surface area (Å²) < 4.78 is 5.11. The molecule has 1 aromatic heterocycles. The molecule has 2 heterocycles. The summed E-state index contributed by atoms with van der Waals surface area (Å²) in [6.45, 7) is 0.577. The summed E-state index contributed by atoms with van der Waals surface area (Å²) in [6.07, 6.45) is 3.75. The molecule has 0 radical (unpaired) electrons. The van der Waals surface area contributed by atoms with Crippen molar-refractivity contribution in [3.05, 3.63) is 59.9 Å². The number of hydrogen-bond donors (Lipinski definition) is 2. The second-order valence-corrected chi connectivity index (χ2v) is 6.43. The smallest absolute Gasteiger partial charge is 0.324 e. The summed E-state index contributed by atoms with van der Waals surface area (Å²) in [6, 6.07) is 9.76. The highest BCUT2D eigenvalue weighted by atomic mass is 16.5. The number of carbonyl (C=O) groups excluding carboxylic acids is 3. The highest BCUT2D eigenvalue weighted by Gasteiger charge is 2.38. The summed E-state index contributed by atoms with van der Waals surface area (Å²) in [5, 5.41) is 5.31. The Kier molecular flexibility index (Phi) is 6.21. The number of carbonyl (C=O) groups is 3. The number of benzene rings is 1. The quantitative estimate of drug-likeness (QED) is 0.670. The predicted molar refractivity (Wildman–Crippen MR) is 101 cm³/mol. The fourth-order valence-corrected chi connectivity index (χ4v) is 2.92. The fraction of sp³-hybridized carbons (Fsp3) is 0.300. The lowest BCUT2D eigenvalue weighted by molar-refractivity contribution is -0.130. The number of nitrogens with one attached hydrogen (secondary N) is 2. The van der Waals surface area contributed by atoms with Gasteiger partial charge in [0, 0.05) is 25.5 Å². The Balaban J connectivity index is 1.48. The second-order valence-electron chi connectivity index (χ2n) is 6.43. The van der Waals surface area contributed by atoms with Crippen molar-refractivity contribution in [3.8, 4) is 5.75 Å². The minimum absolute atomic E-state index is 0.0934. The molecule has 1 unspecified atom stereocenters. The zero-order chi connectivity index (χ0) is 19.9. The fourth-order valence-electron chi connectivity index (χ4n) is 2.92. The monoisotopic (exact) mass is 382 g/mol. The highest BCUT2D eigenvalue weighted by Crippen LogP contribution is 2.14. The number of amides is 4. The van der Waals surface area contributed by atoms with E-state index >= 15 is 0 Å². The number of pyridine rings is 1. The number of nitrogens with zero attached hydrogens (tertiary/aromatic N) is 2. The van der Waals surface area contributed by atoms with E-state index in [1.165, 1.54) is 0 Å². The average Bonchev–Trinajstić information content (AvgIpc) is 2.98. The van der Waals surface area contributed by atoms with E-state index in [-0.39, 0.29) is 24.8 Å². The molecule has 8 heteroatoms. The van der Waals surface area contributed by atoms with E-state index in [0.717, 1.165) is 21.8 Å². The van der Waals surface area contributed by atoms with Gasteiger partial charge in [-0.15, -0.1) is 0 Å². The van der Waals surface area contributed by atoms with Crippen LogP contribution in [0, 0.1) is 0 Å². The van der Waals surface area contributed by atoms with E-state index in [2.05, 4.69) is 15.6 Å². The van der Waals surface area contributed by atoms with Crippen molar-refractivity contribution in [2.24, 2.45) is 0 Å². The Morgan fingerprint density at radius 1 is 1.21 bits per heavy atom. The van der Waals surface area contributed by atoms with Crippen LogP contribution in [0.2, 0.25) is 0 Å². The Labute approximate surface area is 162 Å². The van der Waals surface area contributed by atoms with Gasteiger partial charge in [-0.3, -0.25) is 19.5 Å². The average molecular weight is 382 g/mol. The molecule has 1 atom stereocenters. The van der Waals surface area contributed by atoms with E-state index in [9.17, 15) is 14.4 Å². The van der Waals surface area contributed by atoms with Crippen LogP contribution < -0.4 is 15.4 Å². The van der Waals surface area contributed by atoms with Crippen molar-refractivity contribution in [2.45, 2.75) is 25.4 Å². The summed E-state index contributed by atoms with van der Waals surface area (Å²) in [4.78, 5) is 41.8. The molecule has 1 aliphatic rings. The molecule has 1 fully saturated rings. The Hall–Kier alpha value is -3.42. The SMILES string of the molecule is COc1ccc(CCN2C(=O)NC(CC(=O)NCc3cccnc3)C2=O)cc1. The second kappa shape index (κ2) is 8.98. The molecule has 1 aliphatic heterocycles. The molecule has 0 saturated carbocycles. The van der Waals surface area contributed by atoms with Gasteiger partial charge in [-0.2, -0.15) is 0 Å². The van der Waals surface area contributed by atoms with Gasteiger partial charge < -0.3 is 15.4 Å². The molecule has 146 valence electrons. The summed E-state index contributed by atoms with van der Waals surface area (Å²) >= 11 is 0. The molecule has 0 spiro atoms. The number of urea groups is 1. The molecule has 4 amide bonds. The minimum Gasteiger partial charge on any atom is -0.497 e. The predicted octanol–water partition coefficient (Wildman–Crippen LogP) is 1.26. The molecular formula is C20H22N4O4. The summed E-state index contributed by atoms with van der Waals surface area (Å²) in [5.74, 6) is 0.0608. The van der Waals surface area contributed by atoms with E-state index in [0.29, 0.717) is 13.0 Å². The molecule has 2 aromatic rings. The normalized spacial score (nSPS) is 16.0. The largest absolute Gasteiger partial charge is 0.497 e. The van der Waals surface area contributed by atoms with Gasteiger partial charge in [-0.1, -0.05) is 18.2 Å². The number of imide groups is 1. The minimum atomic E-state index is -0.836. The third kappa shape index (κ3) is 4.85. The van der Waals surface area contributed by atoms with Gasteiger partial charge in [0.05, 0.1) is 13.5 Å². The molecule has 0 bridgehead atoms. The zero-order valence-corrected chi connectivity index (χ0v) is 15.6. The molecule has 8 nitrogen and oxygen atoms in total. The van der Waals surface area contributed by atoms with Gasteiger partial charge in [0.15, 0.2) is 0 Å². The van der Waals surface area contributed by atoms with Crippen LogP contribution >= 0.6 is 0 Å². The standard InChI is InChI=1S/C20H22N4O4/c1-28-16-6-4-14(5-7-16)8-10-24-19(26)17(23-20(24)27)11-18(25)22-13-15-3-2-9-21-12-15/h2-7,9,12,17H,8,10-11,13H2,1H3,(H,22,25)(H,23,27). The highest BCUT2D eigenvalue weighted by molar-refractivity contribution is 6.05. The van der Waals surface area contributed by atoms with E-state index in [1.807, 2.05) is 30.3 Å². The van der Waals surface area contributed by atoms with Crippen LogP contribution in [-0.4, -0.2) is 47.4 Å². The van der Waals surface area contributed by atoms with Crippen molar-refractivity contribution < 1.29 is 19.1 Å². The van der Waals surface area contributed by atoms with E-state index < -0.39 is 12.1 Å². The van der Waals surface area contributed by atoms with Gasteiger partial charge in [0.25, 0.3) is 5.91 Å². The Morgan fingerprint density at radius 3 is 2.68 bits per heavy atom. The van der Waals surface area contributed by atoms with Crippen LogP contribution in [0.1, 0.15) is 17.5 Å². The number of aromatic nitrogens is 1. The molecule has 28 heavy (non-hydrogen) atoms. The van der Waals surface area contributed by atoms with Crippen LogP contribution in [0.25, 0.3) is 0 Å². The van der Waals surface area contributed by atoms with Crippen molar-refractivity contribution in [1.29, 1.82) is 0 Å². The van der Waals surface area contributed by atoms with Crippen LogP contribution in [0.15, 0.2) is 48.8 Å². The number of hydrogen-bond acceptors (Lipinski definition) is 5. The van der Waals surface area contributed by atoms with Crippen LogP contribution in [0.5, 0.6) is 5.75 Å². The van der Waals surface area contributed by atoms with Gasteiger partial charge in [-0.05, 0) is 35.7 Å². The van der Waals surface area contributed by atoms with Gasteiger partial charge in [0.2, 0.25) is 5.91 Å². The first kappa shape index (κ1) is 19.3. The van der Waals surface area contributed by atoms with Crippen LogP contribution in [0.3, 0.4) is 0 Å². The summed E-state index contributed by atoms with van der Waals surface area (Å²) in [5.41, 5.74) is 1.85. The van der Waals surface area contributed by atoms with E-state index in [4.69, 9.17) is 4.74 Å². The number of ether oxygens (including phenoxy) is 1. The molecule has 0 aliphatic carbocycles. The summed E-state index contributed by atoms with van der Waals surface area (Å²) in [7, 11) is 1.59. The van der Waals surface area contributed by atoms with E-state index in [1.54, 1.807) is 25.6 Å². The maximum absolute atomic E-state index is 12.5. The first-order valence-electron chi connectivity index (χ1n) is 8.97. The third-order valence-electron chi connectivity index (χ3n) is 4.49. The van der Waals surface area contributed by atoms with Gasteiger partial charge in [0.1, 0.15) is 11.8 Å². The van der Waals surface area contributed by atoms with Gasteiger partial charge >= 0.3 is 6.03 Å². The maximum Gasteiger partial charge on any atom is 0.324 e.